The number of aromatic nitrogens is 1. The van der Waals surface area contributed by atoms with E-state index in [0.29, 0.717) is 6.42 Å². The fourth-order valence-corrected chi connectivity index (χ4v) is 3.06. The molecule has 1 N–H and O–H groups in total. The summed E-state index contributed by atoms with van der Waals surface area (Å²) in [4.78, 5) is 10.9. The van der Waals surface area contributed by atoms with Gasteiger partial charge in [-0.3, -0.25) is 4.79 Å². The van der Waals surface area contributed by atoms with Gasteiger partial charge >= 0.3 is 5.97 Å². The zero-order chi connectivity index (χ0) is 17.1. The van der Waals surface area contributed by atoms with E-state index in [1.54, 1.807) is 12.1 Å². The van der Waals surface area contributed by atoms with Crippen LogP contribution in [0.5, 0.6) is 0 Å². The average Bonchev–Trinajstić information content (AvgIpc) is 2.97. The summed E-state index contributed by atoms with van der Waals surface area (Å²) in [5.41, 5.74) is 3.59. The van der Waals surface area contributed by atoms with Crippen LogP contribution in [0.3, 0.4) is 0 Å². The maximum Gasteiger partial charge on any atom is 0.303 e. The van der Waals surface area contributed by atoms with Gasteiger partial charge in [-0.1, -0.05) is 22.0 Å². The van der Waals surface area contributed by atoms with Gasteiger partial charge in [0.05, 0.1) is 12.1 Å². The van der Waals surface area contributed by atoms with E-state index in [1.807, 2.05) is 41.0 Å². The van der Waals surface area contributed by atoms with E-state index in [-0.39, 0.29) is 12.2 Å². The zero-order valence-corrected chi connectivity index (χ0v) is 14.3. The fraction of sp³-hybridized carbons (Fsp3) is 0.105. The SMILES string of the molecule is O=C(O)CCc1ccc(-c2ccc(F)cc2)n1-c1cccc(Br)c1. The van der Waals surface area contributed by atoms with Crippen molar-refractivity contribution < 1.29 is 14.3 Å². The number of carboxylic acid groups (broad SMARTS) is 1. The number of aliphatic carboxylic acids is 1. The summed E-state index contributed by atoms with van der Waals surface area (Å²) >= 11 is 3.47. The summed E-state index contributed by atoms with van der Waals surface area (Å²) < 4.78 is 16.2. The molecule has 0 aliphatic heterocycles. The molecule has 1 aromatic heterocycles. The largest absolute Gasteiger partial charge is 0.481 e. The van der Waals surface area contributed by atoms with Crippen LogP contribution >= 0.6 is 15.9 Å². The van der Waals surface area contributed by atoms with E-state index in [4.69, 9.17) is 5.11 Å². The van der Waals surface area contributed by atoms with Crippen molar-refractivity contribution in [2.45, 2.75) is 12.8 Å². The van der Waals surface area contributed by atoms with Crippen molar-refractivity contribution in [3.63, 3.8) is 0 Å². The Bertz CT molecular complexity index is 871. The van der Waals surface area contributed by atoms with Crippen LogP contribution in [0.2, 0.25) is 0 Å². The number of halogens is 2. The normalized spacial score (nSPS) is 10.8. The quantitative estimate of drug-likeness (QED) is 0.664. The second kappa shape index (κ2) is 7.01. The van der Waals surface area contributed by atoms with Gasteiger partial charge in [-0.2, -0.15) is 0 Å². The summed E-state index contributed by atoms with van der Waals surface area (Å²) in [6.45, 7) is 0. The molecule has 1 heterocycles. The van der Waals surface area contributed by atoms with Gasteiger partial charge in [-0.15, -0.1) is 0 Å². The molecule has 0 aliphatic rings. The molecule has 3 nitrogen and oxygen atoms in total. The topological polar surface area (TPSA) is 42.2 Å². The van der Waals surface area contributed by atoms with Gasteiger partial charge in [-0.05, 0) is 66.6 Å². The van der Waals surface area contributed by atoms with Crippen molar-refractivity contribution in [1.82, 2.24) is 4.57 Å². The maximum atomic E-state index is 13.2. The van der Waals surface area contributed by atoms with Gasteiger partial charge in [0.25, 0.3) is 0 Å². The molecule has 122 valence electrons. The van der Waals surface area contributed by atoms with Gasteiger partial charge < -0.3 is 9.67 Å². The molecule has 0 saturated carbocycles. The first-order valence-electron chi connectivity index (χ1n) is 7.49. The van der Waals surface area contributed by atoms with E-state index in [0.717, 1.165) is 27.1 Å². The van der Waals surface area contributed by atoms with E-state index in [2.05, 4.69) is 15.9 Å². The minimum Gasteiger partial charge on any atom is -0.481 e. The molecule has 0 saturated heterocycles. The highest BCUT2D eigenvalue weighted by Gasteiger charge is 2.13. The number of nitrogens with zero attached hydrogens (tertiary/aromatic N) is 1. The maximum absolute atomic E-state index is 13.2. The lowest BCUT2D eigenvalue weighted by Gasteiger charge is -2.14. The van der Waals surface area contributed by atoms with Crippen molar-refractivity contribution in [1.29, 1.82) is 0 Å². The highest BCUT2D eigenvalue weighted by molar-refractivity contribution is 9.10. The lowest BCUT2D eigenvalue weighted by molar-refractivity contribution is -0.136. The molecule has 0 radical (unpaired) electrons. The van der Waals surface area contributed by atoms with Crippen LogP contribution in [0.4, 0.5) is 4.39 Å². The van der Waals surface area contributed by atoms with Crippen LogP contribution < -0.4 is 0 Å². The first-order chi connectivity index (χ1) is 11.5. The van der Waals surface area contributed by atoms with Gasteiger partial charge in [0.1, 0.15) is 5.82 Å². The third-order valence-corrected chi connectivity index (χ3v) is 4.26. The Hall–Kier alpha value is -2.40. The Morgan fingerprint density at radius 2 is 1.83 bits per heavy atom. The number of carboxylic acids is 1. The Labute approximate surface area is 147 Å². The van der Waals surface area contributed by atoms with Crippen LogP contribution in [0, 0.1) is 5.82 Å². The molecule has 3 aromatic rings. The molecule has 0 atom stereocenters. The molecule has 0 fully saturated rings. The molecule has 0 unspecified atom stereocenters. The van der Waals surface area contributed by atoms with Crippen molar-refractivity contribution in [3.8, 4) is 16.9 Å². The van der Waals surface area contributed by atoms with Gasteiger partial charge in [0, 0.05) is 15.9 Å². The predicted molar refractivity (Wildman–Crippen MR) is 94.8 cm³/mol. The number of aryl methyl sites for hydroxylation is 1. The number of carbonyl (C=O) groups is 1. The van der Waals surface area contributed by atoms with Crippen molar-refractivity contribution in [2.24, 2.45) is 0 Å². The average molecular weight is 388 g/mol. The third-order valence-electron chi connectivity index (χ3n) is 3.76. The summed E-state index contributed by atoms with van der Waals surface area (Å²) in [6.07, 6.45) is 0.476. The number of hydrogen-bond donors (Lipinski definition) is 1. The molecular weight excluding hydrogens is 373 g/mol. The van der Waals surface area contributed by atoms with Crippen LogP contribution in [-0.2, 0) is 11.2 Å². The second-order valence-corrected chi connectivity index (χ2v) is 6.34. The zero-order valence-electron chi connectivity index (χ0n) is 12.7. The molecule has 24 heavy (non-hydrogen) atoms. The molecule has 0 spiro atoms. The molecule has 5 heteroatoms. The molecule has 0 aliphatic carbocycles. The fourth-order valence-electron chi connectivity index (χ4n) is 2.68. The summed E-state index contributed by atoms with van der Waals surface area (Å²) in [6, 6.07) is 17.9. The van der Waals surface area contributed by atoms with Crippen LogP contribution in [0.25, 0.3) is 16.9 Å². The summed E-state index contributed by atoms with van der Waals surface area (Å²) in [5, 5.41) is 8.98. The third kappa shape index (κ3) is 3.57. The van der Waals surface area contributed by atoms with Crippen molar-refractivity contribution in [2.75, 3.05) is 0 Å². The van der Waals surface area contributed by atoms with E-state index in [1.165, 1.54) is 12.1 Å². The Kier molecular flexibility index (Phi) is 4.81. The number of rotatable bonds is 5. The van der Waals surface area contributed by atoms with Gasteiger partial charge in [0.15, 0.2) is 0 Å². The van der Waals surface area contributed by atoms with Crippen LogP contribution in [0.15, 0.2) is 65.1 Å². The monoisotopic (exact) mass is 387 g/mol. The Morgan fingerprint density at radius 3 is 2.50 bits per heavy atom. The lowest BCUT2D eigenvalue weighted by atomic mass is 10.1. The van der Waals surface area contributed by atoms with E-state index < -0.39 is 5.97 Å². The smallest absolute Gasteiger partial charge is 0.303 e. The number of benzene rings is 2. The standard InChI is InChI=1S/C19H15BrFNO2/c20-14-2-1-3-17(12-14)22-16(9-11-19(23)24)8-10-18(22)13-4-6-15(21)7-5-13/h1-8,10,12H,9,11H2,(H,23,24). The molecule has 2 aromatic carbocycles. The molecule has 3 rings (SSSR count). The van der Waals surface area contributed by atoms with Gasteiger partial charge in [0.2, 0.25) is 0 Å². The molecule has 0 bridgehead atoms. The minimum atomic E-state index is -0.833. The first kappa shape index (κ1) is 16.5. The van der Waals surface area contributed by atoms with Crippen LogP contribution in [-0.4, -0.2) is 15.6 Å². The van der Waals surface area contributed by atoms with Gasteiger partial charge in [-0.25, -0.2) is 4.39 Å². The van der Waals surface area contributed by atoms with E-state index >= 15 is 0 Å². The first-order valence-corrected chi connectivity index (χ1v) is 8.28. The predicted octanol–water partition coefficient (Wildman–Crippen LogP) is 5.06. The highest BCUT2D eigenvalue weighted by Crippen LogP contribution is 2.28. The molecular formula is C19H15BrFNO2. The molecule has 0 amide bonds. The number of hydrogen-bond acceptors (Lipinski definition) is 1. The minimum absolute atomic E-state index is 0.0564. The summed E-state index contributed by atoms with van der Waals surface area (Å²) in [5.74, 6) is -1.12. The van der Waals surface area contributed by atoms with Crippen molar-refractivity contribution >= 4 is 21.9 Å². The van der Waals surface area contributed by atoms with E-state index in [9.17, 15) is 9.18 Å². The highest BCUT2D eigenvalue weighted by atomic mass is 79.9. The second-order valence-electron chi connectivity index (χ2n) is 5.43. The van der Waals surface area contributed by atoms with Crippen molar-refractivity contribution in [3.05, 3.63) is 76.6 Å². The lowest BCUT2D eigenvalue weighted by Crippen LogP contribution is -2.05. The summed E-state index contributed by atoms with van der Waals surface area (Å²) in [7, 11) is 0. The van der Waals surface area contributed by atoms with Crippen LogP contribution in [0.1, 0.15) is 12.1 Å². The Balaban J connectivity index is 2.12. The Morgan fingerprint density at radius 1 is 1.08 bits per heavy atom.